The molecule has 3 aromatic rings. The lowest BCUT2D eigenvalue weighted by molar-refractivity contribution is -0.159. The van der Waals surface area contributed by atoms with Crippen molar-refractivity contribution in [3.05, 3.63) is 95.6 Å². The van der Waals surface area contributed by atoms with Crippen molar-refractivity contribution in [3.63, 3.8) is 0 Å². The van der Waals surface area contributed by atoms with Gasteiger partial charge in [0, 0.05) is 19.4 Å². The number of hydrogen-bond acceptors (Lipinski definition) is 8. The summed E-state index contributed by atoms with van der Waals surface area (Å²) in [7, 11) is 0. The molecule has 0 aromatic heterocycles. The van der Waals surface area contributed by atoms with Crippen LogP contribution in [-0.2, 0) is 36.7 Å². The van der Waals surface area contributed by atoms with E-state index in [9.17, 15) is 29.4 Å². The van der Waals surface area contributed by atoms with Crippen molar-refractivity contribution >= 4 is 23.9 Å². The molecule has 0 heterocycles. The predicted molar refractivity (Wildman–Crippen MR) is 190 cm³/mol. The topological polar surface area (TPSA) is 154 Å². The lowest BCUT2D eigenvalue weighted by Crippen LogP contribution is -2.55. The quantitative estimate of drug-likeness (QED) is 0.151. The zero-order valence-corrected chi connectivity index (χ0v) is 30.1. The number of benzene rings is 3. The highest BCUT2D eigenvalue weighted by molar-refractivity contribution is 5.94. The van der Waals surface area contributed by atoms with E-state index < -0.39 is 53.2 Å². The standard InChI is InChI=1S/C39H51N3O8/c1-8-9-22-42(35(46)31(41-37(48)50-39(5,6)7)23-27-18-20-29(43)21-19-27)33(28-16-13-17-30(44)25-28)34(45)40-32(36(47)49-38(2,3)4)24-26-14-11-10-12-15-26/h10-21,25,31-33,43-44H,8-9,22-24H2,1-7H3,(H,40,45)(H,41,48). The van der Waals surface area contributed by atoms with Gasteiger partial charge >= 0.3 is 12.1 Å². The largest absolute Gasteiger partial charge is 0.508 e. The minimum absolute atomic E-state index is 0.0178. The summed E-state index contributed by atoms with van der Waals surface area (Å²) in [4.78, 5) is 57.2. The summed E-state index contributed by atoms with van der Waals surface area (Å²) in [6.45, 7) is 12.4. The van der Waals surface area contributed by atoms with E-state index in [1.807, 2.05) is 37.3 Å². The Hall–Kier alpha value is -5.06. The zero-order valence-electron chi connectivity index (χ0n) is 30.1. The number of amides is 3. The predicted octanol–water partition coefficient (Wildman–Crippen LogP) is 5.97. The molecule has 0 radical (unpaired) electrons. The molecule has 4 N–H and O–H groups in total. The maximum atomic E-state index is 14.7. The van der Waals surface area contributed by atoms with Crippen LogP contribution in [-0.4, -0.2) is 68.8 Å². The van der Waals surface area contributed by atoms with Gasteiger partial charge in [-0.05, 0) is 88.9 Å². The van der Waals surface area contributed by atoms with Crippen molar-refractivity contribution in [1.82, 2.24) is 15.5 Å². The second-order valence-corrected chi connectivity index (χ2v) is 14.2. The Kier molecular flexibility index (Phi) is 13.8. The summed E-state index contributed by atoms with van der Waals surface area (Å²) in [6, 6.07) is 17.8. The summed E-state index contributed by atoms with van der Waals surface area (Å²) >= 11 is 0. The van der Waals surface area contributed by atoms with Crippen molar-refractivity contribution < 1.29 is 38.9 Å². The van der Waals surface area contributed by atoms with E-state index in [0.717, 1.165) is 5.56 Å². The van der Waals surface area contributed by atoms with Crippen LogP contribution in [0.1, 0.15) is 84.0 Å². The fourth-order valence-corrected chi connectivity index (χ4v) is 5.25. The van der Waals surface area contributed by atoms with Crippen LogP contribution < -0.4 is 10.6 Å². The zero-order chi connectivity index (χ0) is 37.1. The van der Waals surface area contributed by atoms with Gasteiger partial charge in [-0.25, -0.2) is 9.59 Å². The molecule has 0 aliphatic rings. The Balaban J connectivity index is 2.10. The van der Waals surface area contributed by atoms with Crippen molar-refractivity contribution in [2.45, 2.75) is 103 Å². The minimum Gasteiger partial charge on any atom is -0.508 e. The molecule has 11 heteroatoms. The first-order valence-corrected chi connectivity index (χ1v) is 16.9. The molecule has 3 amide bonds. The van der Waals surface area contributed by atoms with Crippen LogP contribution in [0.4, 0.5) is 4.79 Å². The highest BCUT2D eigenvalue weighted by atomic mass is 16.6. The van der Waals surface area contributed by atoms with Crippen LogP contribution in [0.15, 0.2) is 78.9 Å². The summed E-state index contributed by atoms with van der Waals surface area (Å²) < 4.78 is 11.2. The molecule has 0 bridgehead atoms. The molecule has 11 nitrogen and oxygen atoms in total. The highest BCUT2D eigenvalue weighted by Gasteiger charge is 2.38. The molecule has 0 spiro atoms. The van der Waals surface area contributed by atoms with Gasteiger partial charge in [-0.2, -0.15) is 0 Å². The number of ether oxygens (including phenoxy) is 2. The van der Waals surface area contributed by atoms with Gasteiger partial charge in [0.2, 0.25) is 11.8 Å². The van der Waals surface area contributed by atoms with E-state index in [-0.39, 0.29) is 30.9 Å². The van der Waals surface area contributed by atoms with Crippen molar-refractivity contribution in [2.24, 2.45) is 0 Å². The highest BCUT2D eigenvalue weighted by Crippen LogP contribution is 2.27. The van der Waals surface area contributed by atoms with Gasteiger partial charge in [0.05, 0.1) is 0 Å². The number of carbonyl (C=O) groups excluding carboxylic acids is 4. The van der Waals surface area contributed by atoms with Gasteiger partial charge in [-0.15, -0.1) is 0 Å². The number of alkyl carbamates (subject to hydrolysis) is 1. The number of unbranched alkanes of at least 4 members (excludes halogenated alkanes) is 1. The first-order valence-electron chi connectivity index (χ1n) is 16.9. The van der Waals surface area contributed by atoms with Gasteiger partial charge in [0.25, 0.3) is 0 Å². The van der Waals surface area contributed by atoms with Crippen molar-refractivity contribution in [3.8, 4) is 11.5 Å². The number of hydrogen-bond donors (Lipinski definition) is 4. The summed E-state index contributed by atoms with van der Waals surface area (Å²) in [5.41, 5.74) is 0.0395. The Bertz CT molecular complexity index is 1580. The third kappa shape index (κ3) is 12.8. The number of nitrogens with zero attached hydrogens (tertiary/aromatic N) is 1. The third-order valence-corrected chi connectivity index (χ3v) is 7.44. The molecule has 3 rings (SSSR count). The number of rotatable bonds is 14. The monoisotopic (exact) mass is 689 g/mol. The van der Waals surface area contributed by atoms with Gasteiger partial charge in [-0.1, -0.05) is 67.9 Å². The van der Waals surface area contributed by atoms with Crippen LogP contribution in [0.5, 0.6) is 11.5 Å². The summed E-state index contributed by atoms with van der Waals surface area (Å²) in [6.07, 6.45) is 0.502. The number of carbonyl (C=O) groups is 4. The Morgan fingerprint density at radius 3 is 1.90 bits per heavy atom. The fraction of sp³-hybridized carbons (Fsp3) is 0.436. The van der Waals surface area contributed by atoms with Gasteiger partial charge in [0.15, 0.2) is 0 Å². The fourth-order valence-electron chi connectivity index (χ4n) is 5.25. The molecular weight excluding hydrogens is 638 g/mol. The second kappa shape index (κ2) is 17.6. The Morgan fingerprint density at radius 2 is 1.32 bits per heavy atom. The van der Waals surface area contributed by atoms with E-state index in [1.54, 1.807) is 65.8 Å². The van der Waals surface area contributed by atoms with Crippen LogP contribution in [0, 0.1) is 0 Å². The van der Waals surface area contributed by atoms with Crippen molar-refractivity contribution in [2.75, 3.05) is 6.54 Å². The second-order valence-electron chi connectivity index (χ2n) is 14.2. The van der Waals surface area contributed by atoms with E-state index in [4.69, 9.17) is 9.47 Å². The molecule has 0 fully saturated rings. The molecule has 3 atom stereocenters. The molecule has 3 unspecified atom stereocenters. The molecule has 270 valence electrons. The maximum absolute atomic E-state index is 14.7. The third-order valence-electron chi connectivity index (χ3n) is 7.44. The minimum atomic E-state index is -1.32. The average Bonchev–Trinajstić information content (AvgIpc) is 3.02. The summed E-state index contributed by atoms with van der Waals surface area (Å²) in [5, 5.41) is 25.9. The number of nitrogens with one attached hydrogen (secondary N) is 2. The lowest BCUT2D eigenvalue weighted by atomic mass is 9.98. The van der Waals surface area contributed by atoms with Crippen LogP contribution in [0.25, 0.3) is 0 Å². The van der Waals surface area contributed by atoms with Gasteiger partial charge in [-0.3, -0.25) is 9.59 Å². The van der Waals surface area contributed by atoms with Crippen LogP contribution >= 0.6 is 0 Å². The Labute approximate surface area is 295 Å². The molecule has 3 aromatic carbocycles. The van der Waals surface area contributed by atoms with Gasteiger partial charge in [0.1, 0.15) is 40.8 Å². The van der Waals surface area contributed by atoms with E-state index in [2.05, 4.69) is 10.6 Å². The number of esters is 1. The van der Waals surface area contributed by atoms with Crippen LogP contribution in [0.2, 0.25) is 0 Å². The smallest absolute Gasteiger partial charge is 0.408 e. The first kappa shape index (κ1) is 39.4. The van der Waals surface area contributed by atoms with Gasteiger partial charge < -0.3 is 35.2 Å². The van der Waals surface area contributed by atoms with Crippen molar-refractivity contribution in [1.29, 1.82) is 0 Å². The van der Waals surface area contributed by atoms with E-state index >= 15 is 0 Å². The van der Waals surface area contributed by atoms with E-state index in [1.165, 1.54) is 29.2 Å². The molecular formula is C39H51N3O8. The first-order chi connectivity index (χ1) is 23.5. The number of aromatic hydroxyl groups is 2. The normalized spacial score (nSPS) is 13.3. The number of phenols is 2. The SMILES string of the molecule is CCCCN(C(=O)C(Cc1ccc(O)cc1)NC(=O)OC(C)(C)C)C(C(=O)NC(Cc1ccccc1)C(=O)OC(C)(C)C)c1cccc(O)c1. The molecule has 0 aliphatic heterocycles. The molecule has 0 aliphatic carbocycles. The Morgan fingerprint density at radius 1 is 0.720 bits per heavy atom. The summed E-state index contributed by atoms with van der Waals surface area (Å²) in [5.74, 6) is -1.99. The molecule has 0 saturated carbocycles. The maximum Gasteiger partial charge on any atom is 0.408 e. The lowest BCUT2D eigenvalue weighted by Gasteiger charge is -2.35. The molecule has 0 saturated heterocycles. The van der Waals surface area contributed by atoms with Crippen LogP contribution in [0.3, 0.4) is 0 Å². The number of phenolic OH excluding ortho intramolecular Hbond substituents is 2. The average molecular weight is 690 g/mol. The molecule has 50 heavy (non-hydrogen) atoms. The van der Waals surface area contributed by atoms with E-state index in [0.29, 0.717) is 24.0 Å².